The summed E-state index contributed by atoms with van der Waals surface area (Å²) in [6.07, 6.45) is 5.43. The van der Waals surface area contributed by atoms with E-state index in [-0.39, 0.29) is 0 Å². The lowest BCUT2D eigenvalue weighted by atomic mass is 9.98. The van der Waals surface area contributed by atoms with Gasteiger partial charge in [0.15, 0.2) is 0 Å². The lowest BCUT2D eigenvalue weighted by Crippen LogP contribution is -2.34. The van der Waals surface area contributed by atoms with Gasteiger partial charge in [0.05, 0.1) is 0 Å². The van der Waals surface area contributed by atoms with E-state index in [2.05, 4.69) is 39.9 Å². The van der Waals surface area contributed by atoms with Crippen LogP contribution < -0.4 is 5.32 Å². The van der Waals surface area contributed by atoms with Gasteiger partial charge in [-0.15, -0.1) is 0 Å². The molecule has 2 atom stereocenters. The minimum atomic E-state index is 0.658. The van der Waals surface area contributed by atoms with Gasteiger partial charge in [0, 0.05) is 6.04 Å². The van der Waals surface area contributed by atoms with E-state index in [0.29, 0.717) is 6.04 Å². The van der Waals surface area contributed by atoms with Crippen molar-refractivity contribution in [2.75, 3.05) is 6.54 Å². The predicted molar refractivity (Wildman–Crippen MR) is 65.6 cm³/mol. The number of hydrogen-bond acceptors (Lipinski definition) is 1. The van der Waals surface area contributed by atoms with Gasteiger partial charge in [0.25, 0.3) is 0 Å². The Bertz CT molecular complexity index is 120. The molecule has 86 valence electrons. The van der Waals surface area contributed by atoms with Gasteiger partial charge in [-0.25, -0.2) is 0 Å². The average molecular weight is 199 g/mol. The SMILES string of the molecule is CCCCC(CC)CNC(C)C(C)C. The first kappa shape index (κ1) is 14.0. The van der Waals surface area contributed by atoms with E-state index < -0.39 is 0 Å². The van der Waals surface area contributed by atoms with E-state index >= 15 is 0 Å². The number of nitrogens with one attached hydrogen (secondary N) is 1. The van der Waals surface area contributed by atoms with Crippen LogP contribution in [0.5, 0.6) is 0 Å². The quantitative estimate of drug-likeness (QED) is 0.626. The molecule has 0 aromatic carbocycles. The van der Waals surface area contributed by atoms with Crippen LogP contribution in [-0.2, 0) is 0 Å². The summed E-state index contributed by atoms with van der Waals surface area (Å²) >= 11 is 0. The van der Waals surface area contributed by atoms with E-state index in [9.17, 15) is 0 Å². The van der Waals surface area contributed by atoms with Crippen LogP contribution >= 0.6 is 0 Å². The van der Waals surface area contributed by atoms with Crippen LogP contribution in [0.1, 0.15) is 60.3 Å². The first-order valence-electron chi connectivity index (χ1n) is 6.35. The molecule has 0 aromatic rings. The molecule has 2 unspecified atom stereocenters. The molecular formula is C13H29N. The smallest absolute Gasteiger partial charge is 0.00618 e. The van der Waals surface area contributed by atoms with E-state index in [0.717, 1.165) is 11.8 Å². The zero-order valence-corrected chi connectivity index (χ0v) is 10.8. The Balaban J connectivity index is 3.60. The molecule has 0 bridgehead atoms. The van der Waals surface area contributed by atoms with Gasteiger partial charge < -0.3 is 5.32 Å². The summed E-state index contributed by atoms with van der Waals surface area (Å²) in [4.78, 5) is 0. The van der Waals surface area contributed by atoms with E-state index in [1.807, 2.05) is 0 Å². The lowest BCUT2D eigenvalue weighted by molar-refractivity contribution is 0.357. The Morgan fingerprint density at radius 3 is 2.14 bits per heavy atom. The maximum Gasteiger partial charge on any atom is 0.00618 e. The normalized spacial score (nSPS) is 15.9. The van der Waals surface area contributed by atoms with Crippen molar-refractivity contribution in [1.29, 1.82) is 0 Å². The molecule has 0 radical (unpaired) electrons. The summed E-state index contributed by atoms with van der Waals surface area (Å²) in [6.45, 7) is 12.6. The maximum absolute atomic E-state index is 3.64. The van der Waals surface area contributed by atoms with Crippen molar-refractivity contribution >= 4 is 0 Å². The van der Waals surface area contributed by atoms with Gasteiger partial charge in [-0.05, 0) is 31.7 Å². The summed E-state index contributed by atoms with van der Waals surface area (Å²) in [7, 11) is 0. The molecule has 0 amide bonds. The summed E-state index contributed by atoms with van der Waals surface area (Å²) in [6, 6.07) is 0.658. The Morgan fingerprint density at radius 1 is 1.07 bits per heavy atom. The molecule has 1 N–H and O–H groups in total. The molecule has 0 rings (SSSR count). The van der Waals surface area contributed by atoms with E-state index in [1.165, 1.54) is 32.2 Å². The molecule has 1 heteroatoms. The Labute approximate surface area is 90.7 Å². The topological polar surface area (TPSA) is 12.0 Å². The molecule has 0 saturated carbocycles. The zero-order valence-electron chi connectivity index (χ0n) is 10.8. The number of rotatable bonds is 8. The van der Waals surface area contributed by atoms with Crippen LogP contribution in [-0.4, -0.2) is 12.6 Å². The number of unbranched alkanes of at least 4 members (excludes halogenated alkanes) is 1. The maximum atomic E-state index is 3.64. The van der Waals surface area contributed by atoms with Crippen LogP contribution in [0.4, 0.5) is 0 Å². The molecule has 0 aliphatic rings. The van der Waals surface area contributed by atoms with E-state index in [4.69, 9.17) is 0 Å². The van der Waals surface area contributed by atoms with Crippen molar-refractivity contribution in [1.82, 2.24) is 5.32 Å². The minimum absolute atomic E-state index is 0.658. The first-order chi connectivity index (χ1) is 6.61. The van der Waals surface area contributed by atoms with Gasteiger partial charge in [-0.2, -0.15) is 0 Å². The van der Waals surface area contributed by atoms with Gasteiger partial charge in [0.2, 0.25) is 0 Å². The summed E-state index contributed by atoms with van der Waals surface area (Å²) in [5.74, 6) is 1.63. The van der Waals surface area contributed by atoms with Crippen LogP contribution in [0.25, 0.3) is 0 Å². The highest BCUT2D eigenvalue weighted by molar-refractivity contribution is 4.68. The summed E-state index contributed by atoms with van der Waals surface area (Å²) < 4.78 is 0. The molecular weight excluding hydrogens is 170 g/mol. The van der Waals surface area contributed by atoms with Crippen molar-refractivity contribution in [3.8, 4) is 0 Å². The lowest BCUT2D eigenvalue weighted by Gasteiger charge is -2.21. The molecule has 14 heavy (non-hydrogen) atoms. The minimum Gasteiger partial charge on any atom is -0.314 e. The van der Waals surface area contributed by atoms with Gasteiger partial charge in [-0.1, -0.05) is 47.0 Å². The Morgan fingerprint density at radius 2 is 1.71 bits per heavy atom. The largest absolute Gasteiger partial charge is 0.314 e. The molecule has 0 heterocycles. The van der Waals surface area contributed by atoms with Gasteiger partial charge >= 0.3 is 0 Å². The van der Waals surface area contributed by atoms with Crippen molar-refractivity contribution in [2.45, 2.75) is 66.3 Å². The van der Waals surface area contributed by atoms with Crippen LogP contribution in [0.3, 0.4) is 0 Å². The molecule has 0 fully saturated rings. The molecule has 0 aliphatic carbocycles. The Kier molecular flexibility index (Phi) is 8.26. The third kappa shape index (κ3) is 6.42. The van der Waals surface area contributed by atoms with Crippen molar-refractivity contribution in [2.24, 2.45) is 11.8 Å². The summed E-state index contributed by atoms with van der Waals surface area (Å²) in [5, 5.41) is 3.64. The fourth-order valence-electron chi connectivity index (χ4n) is 1.53. The third-order valence-corrected chi connectivity index (χ3v) is 3.27. The fourth-order valence-corrected chi connectivity index (χ4v) is 1.53. The highest BCUT2D eigenvalue weighted by Gasteiger charge is 2.10. The predicted octanol–water partition coefficient (Wildman–Crippen LogP) is 3.84. The number of hydrogen-bond donors (Lipinski definition) is 1. The van der Waals surface area contributed by atoms with Crippen molar-refractivity contribution in [3.05, 3.63) is 0 Å². The van der Waals surface area contributed by atoms with Crippen LogP contribution in [0, 0.1) is 11.8 Å². The van der Waals surface area contributed by atoms with E-state index in [1.54, 1.807) is 0 Å². The fraction of sp³-hybridized carbons (Fsp3) is 1.00. The Hall–Kier alpha value is -0.0400. The average Bonchev–Trinajstić information content (AvgIpc) is 2.17. The molecule has 1 nitrogen and oxygen atoms in total. The van der Waals surface area contributed by atoms with Crippen molar-refractivity contribution < 1.29 is 0 Å². The second-order valence-corrected chi connectivity index (χ2v) is 4.86. The standard InChI is InChI=1S/C13H29N/c1-6-8-9-13(7-2)10-14-12(5)11(3)4/h11-14H,6-10H2,1-5H3. The first-order valence-corrected chi connectivity index (χ1v) is 6.35. The second kappa shape index (κ2) is 8.28. The second-order valence-electron chi connectivity index (χ2n) is 4.86. The molecule has 0 aromatic heterocycles. The van der Waals surface area contributed by atoms with Crippen LogP contribution in [0.15, 0.2) is 0 Å². The highest BCUT2D eigenvalue weighted by Crippen LogP contribution is 2.12. The zero-order chi connectivity index (χ0) is 11.0. The van der Waals surface area contributed by atoms with Gasteiger partial charge in [0.1, 0.15) is 0 Å². The molecule has 0 aliphatic heterocycles. The molecule has 0 spiro atoms. The van der Waals surface area contributed by atoms with Crippen LogP contribution in [0.2, 0.25) is 0 Å². The van der Waals surface area contributed by atoms with Crippen molar-refractivity contribution in [3.63, 3.8) is 0 Å². The molecule has 0 saturated heterocycles. The highest BCUT2D eigenvalue weighted by atomic mass is 14.9. The summed E-state index contributed by atoms with van der Waals surface area (Å²) in [5.41, 5.74) is 0. The van der Waals surface area contributed by atoms with Gasteiger partial charge in [-0.3, -0.25) is 0 Å². The monoisotopic (exact) mass is 199 g/mol. The third-order valence-electron chi connectivity index (χ3n) is 3.27.